The van der Waals surface area contributed by atoms with Crippen LogP contribution >= 0.6 is 0 Å². The summed E-state index contributed by atoms with van der Waals surface area (Å²) in [6.45, 7) is -0.0667. The van der Waals surface area contributed by atoms with Gasteiger partial charge in [0.1, 0.15) is 0 Å². The first-order valence-corrected chi connectivity index (χ1v) is 7.96. The Balaban J connectivity index is 1.99. The predicted octanol–water partition coefficient (Wildman–Crippen LogP) is 0.458. The molecule has 94 valence electrons. The molecule has 0 spiro atoms. The summed E-state index contributed by atoms with van der Waals surface area (Å²) in [5, 5.41) is 12.9. The van der Waals surface area contributed by atoms with E-state index >= 15 is 0 Å². The van der Waals surface area contributed by atoms with Gasteiger partial charge in [0.15, 0.2) is 9.84 Å². The van der Waals surface area contributed by atoms with Gasteiger partial charge in [-0.05, 0) is 19.3 Å². The minimum atomic E-state index is -2.94. The van der Waals surface area contributed by atoms with Crippen LogP contribution in [0.15, 0.2) is 0 Å². The fraction of sp³-hybridized carbons (Fsp3) is 1.00. The van der Waals surface area contributed by atoms with Gasteiger partial charge in [-0.25, -0.2) is 8.42 Å². The van der Waals surface area contributed by atoms with E-state index in [1.165, 1.54) is 19.3 Å². The Morgan fingerprint density at radius 2 is 1.94 bits per heavy atom. The lowest BCUT2D eigenvalue weighted by Gasteiger charge is -2.34. The monoisotopic (exact) mass is 247 g/mol. The van der Waals surface area contributed by atoms with Crippen LogP contribution < -0.4 is 5.32 Å². The minimum absolute atomic E-state index is 0.0667. The summed E-state index contributed by atoms with van der Waals surface area (Å²) in [5.41, 5.74) is -0.555. The Morgan fingerprint density at radius 1 is 1.25 bits per heavy atom. The molecule has 0 amide bonds. The van der Waals surface area contributed by atoms with Crippen LogP contribution in [0.5, 0.6) is 0 Å². The second kappa shape index (κ2) is 4.63. The number of aliphatic hydroxyl groups excluding tert-OH is 1. The minimum Gasteiger partial charge on any atom is -0.394 e. The zero-order chi connectivity index (χ0) is 11.6. The van der Waals surface area contributed by atoms with Crippen molar-refractivity contribution in [3.8, 4) is 0 Å². The molecule has 0 aromatic rings. The molecule has 1 saturated carbocycles. The normalized spacial score (nSPS) is 35.3. The van der Waals surface area contributed by atoms with E-state index in [4.69, 9.17) is 0 Å². The summed E-state index contributed by atoms with van der Waals surface area (Å²) in [6.07, 6.45) is 6.49. The van der Waals surface area contributed by atoms with E-state index in [1.807, 2.05) is 0 Å². The summed E-state index contributed by atoms with van der Waals surface area (Å²) < 4.78 is 23.0. The SMILES string of the molecule is O=S1(=O)CCC(CO)(NC2CCCCC2)C1. The van der Waals surface area contributed by atoms with Crippen LogP contribution in [-0.2, 0) is 9.84 Å². The molecule has 2 rings (SSSR count). The van der Waals surface area contributed by atoms with Crippen molar-refractivity contribution >= 4 is 9.84 Å². The number of hydrogen-bond donors (Lipinski definition) is 2. The lowest BCUT2D eigenvalue weighted by molar-refractivity contribution is 0.155. The first-order chi connectivity index (χ1) is 7.55. The van der Waals surface area contributed by atoms with Gasteiger partial charge in [0.05, 0.1) is 23.7 Å². The van der Waals surface area contributed by atoms with E-state index in [2.05, 4.69) is 5.32 Å². The first kappa shape index (κ1) is 12.3. The molecule has 1 heterocycles. The molecule has 0 aromatic heterocycles. The Labute approximate surface area is 97.3 Å². The molecule has 0 aromatic carbocycles. The van der Waals surface area contributed by atoms with Gasteiger partial charge in [-0.2, -0.15) is 0 Å². The Morgan fingerprint density at radius 3 is 2.44 bits per heavy atom. The van der Waals surface area contributed by atoms with Crippen molar-refractivity contribution in [3.05, 3.63) is 0 Å². The quantitative estimate of drug-likeness (QED) is 0.760. The van der Waals surface area contributed by atoms with E-state index in [9.17, 15) is 13.5 Å². The summed E-state index contributed by atoms with van der Waals surface area (Å²) in [4.78, 5) is 0. The molecule has 1 saturated heterocycles. The van der Waals surface area contributed by atoms with E-state index in [0.29, 0.717) is 12.5 Å². The summed E-state index contributed by atoms with van der Waals surface area (Å²) >= 11 is 0. The van der Waals surface area contributed by atoms with Crippen molar-refractivity contribution < 1.29 is 13.5 Å². The summed E-state index contributed by atoms with van der Waals surface area (Å²) in [5.74, 6) is 0.320. The van der Waals surface area contributed by atoms with Crippen molar-refractivity contribution in [2.45, 2.75) is 50.1 Å². The summed E-state index contributed by atoms with van der Waals surface area (Å²) in [7, 11) is -2.94. The maximum absolute atomic E-state index is 11.5. The summed E-state index contributed by atoms with van der Waals surface area (Å²) in [6, 6.07) is 0.397. The zero-order valence-corrected chi connectivity index (χ0v) is 10.4. The number of aliphatic hydroxyl groups is 1. The lowest BCUT2D eigenvalue weighted by Crippen LogP contribution is -2.54. The van der Waals surface area contributed by atoms with Crippen LogP contribution in [0.2, 0.25) is 0 Å². The second-order valence-electron chi connectivity index (χ2n) is 5.26. The Hall–Kier alpha value is -0.130. The fourth-order valence-electron chi connectivity index (χ4n) is 2.88. The van der Waals surface area contributed by atoms with E-state index in [-0.39, 0.29) is 18.1 Å². The second-order valence-corrected chi connectivity index (χ2v) is 7.44. The van der Waals surface area contributed by atoms with E-state index < -0.39 is 15.4 Å². The van der Waals surface area contributed by atoms with Gasteiger partial charge in [-0.15, -0.1) is 0 Å². The highest BCUT2D eigenvalue weighted by Crippen LogP contribution is 2.27. The maximum atomic E-state index is 11.5. The molecular formula is C11H21NO3S. The topological polar surface area (TPSA) is 66.4 Å². The number of rotatable bonds is 3. The van der Waals surface area contributed by atoms with Crippen molar-refractivity contribution in [1.29, 1.82) is 0 Å². The van der Waals surface area contributed by atoms with Gasteiger partial charge in [0, 0.05) is 6.04 Å². The van der Waals surface area contributed by atoms with Crippen molar-refractivity contribution in [2.24, 2.45) is 0 Å². The Kier molecular flexibility index (Phi) is 3.56. The number of nitrogens with one attached hydrogen (secondary N) is 1. The Bertz CT molecular complexity index is 335. The number of hydrogen-bond acceptors (Lipinski definition) is 4. The molecule has 16 heavy (non-hydrogen) atoms. The largest absolute Gasteiger partial charge is 0.394 e. The van der Waals surface area contributed by atoms with Crippen molar-refractivity contribution in [2.75, 3.05) is 18.1 Å². The highest BCUT2D eigenvalue weighted by atomic mass is 32.2. The van der Waals surface area contributed by atoms with Crippen LogP contribution in [0.25, 0.3) is 0 Å². The molecule has 1 atom stereocenters. The molecule has 5 heteroatoms. The molecule has 4 nitrogen and oxygen atoms in total. The van der Waals surface area contributed by atoms with Crippen LogP contribution in [0.1, 0.15) is 38.5 Å². The van der Waals surface area contributed by atoms with Crippen LogP contribution in [0.4, 0.5) is 0 Å². The molecular weight excluding hydrogens is 226 g/mol. The van der Waals surface area contributed by atoms with E-state index in [1.54, 1.807) is 0 Å². The highest BCUT2D eigenvalue weighted by Gasteiger charge is 2.42. The predicted molar refractivity (Wildman–Crippen MR) is 63.1 cm³/mol. The van der Waals surface area contributed by atoms with Gasteiger partial charge < -0.3 is 10.4 Å². The van der Waals surface area contributed by atoms with Gasteiger partial charge in [-0.1, -0.05) is 19.3 Å². The maximum Gasteiger partial charge on any atom is 0.152 e. The van der Waals surface area contributed by atoms with Gasteiger partial charge in [-0.3, -0.25) is 0 Å². The van der Waals surface area contributed by atoms with Crippen molar-refractivity contribution in [3.63, 3.8) is 0 Å². The fourth-order valence-corrected chi connectivity index (χ4v) is 4.89. The first-order valence-electron chi connectivity index (χ1n) is 6.14. The van der Waals surface area contributed by atoms with Gasteiger partial charge in [0.25, 0.3) is 0 Å². The molecule has 0 bridgehead atoms. The average Bonchev–Trinajstić information content (AvgIpc) is 2.57. The molecule has 1 aliphatic heterocycles. The zero-order valence-electron chi connectivity index (χ0n) is 9.61. The van der Waals surface area contributed by atoms with Gasteiger partial charge in [0.2, 0.25) is 0 Å². The molecule has 0 radical (unpaired) electrons. The van der Waals surface area contributed by atoms with E-state index in [0.717, 1.165) is 12.8 Å². The molecule has 1 unspecified atom stereocenters. The molecule has 1 aliphatic carbocycles. The standard InChI is InChI=1S/C11H21NO3S/c13-8-11(6-7-16(14,15)9-11)12-10-4-2-1-3-5-10/h10,12-13H,1-9H2. The molecule has 2 N–H and O–H groups in total. The average molecular weight is 247 g/mol. The lowest BCUT2D eigenvalue weighted by atomic mass is 9.91. The smallest absolute Gasteiger partial charge is 0.152 e. The third-order valence-corrected chi connectivity index (χ3v) is 5.62. The third-order valence-electron chi connectivity index (χ3n) is 3.81. The van der Waals surface area contributed by atoms with Crippen LogP contribution in [0, 0.1) is 0 Å². The molecule has 2 fully saturated rings. The van der Waals surface area contributed by atoms with Gasteiger partial charge >= 0.3 is 0 Å². The van der Waals surface area contributed by atoms with Crippen LogP contribution in [-0.4, -0.2) is 43.2 Å². The third kappa shape index (κ3) is 2.76. The van der Waals surface area contributed by atoms with Crippen LogP contribution in [0.3, 0.4) is 0 Å². The van der Waals surface area contributed by atoms with Crippen molar-refractivity contribution in [1.82, 2.24) is 5.32 Å². The number of sulfone groups is 1. The highest BCUT2D eigenvalue weighted by molar-refractivity contribution is 7.91. The molecule has 2 aliphatic rings.